The molecule has 0 fully saturated rings. The number of nitrogens with zero attached hydrogens (tertiary/aromatic N) is 4. The predicted molar refractivity (Wildman–Crippen MR) is 101 cm³/mol. The molecule has 0 amide bonds. The van der Waals surface area contributed by atoms with Gasteiger partial charge >= 0.3 is 0 Å². The lowest BCUT2D eigenvalue weighted by atomic mass is 10.0. The number of benzene rings is 1. The highest BCUT2D eigenvalue weighted by Crippen LogP contribution is 2.34. The van der Waals surface area contributed by atoms with Gasteiger partial charge in [0.05, 0.1) is 22.9 Å². The third-order valence-electron chi connectivity index (χ3n) is 4.00. The summed E-state index contributed by atoms with van der Waals surface area (Å²) in [6.07, 6.45) is 1.67. The molecule has 0 unspecified atom stereocenters. The van der Waals surface area contributed by atoms with Crippen molar-refractivity contribution in [2.75, 3.05) is 0 Å². The molecule has 0 radical (unpaired) electrons. The summed E-state index contributed by atoms with van der Waals surface area (Å²) in [6.45, 7) is 5.84. The maximum Gasteiger partial charge on any atom is 0.223 e. The first-order valence-corrected chi connectivity index (χ1v) is 9.41. The van der Waals surface area contributed by atoms with Crippen LogP contribution in [0.5, 0.6) is 5.88 Å². The molecule has 3 rings (SSSR count). The van der Waals surface area contributed by atoms with E-state index < -0.39 is 10.7 Å². The second-order valence-electron chi connectivity index (χ2n) is 6.12. The minimum Gasteiger partial charge on any atom is -0.493 e. The molecular formula is C19H19N5OS. The molecule has 2 aromatic heterocycles. The Morgan fingerprint density at radius 1 is 1.19 bits per heavy atom. The van der Waals surface area contributed by atoms with Gasteiger partial charge < -0.3 is 5.11 Å². The normalized spacial score (nSPS) is 12.1. The van der Waals surface area contributed by atoms with Crippen molar-refractivity contribution in [3.8, 4) is 28.9 Å². The molecule has 0 saturated heterocycles. The Labute approximate surface area is 154 Å². The maximum absolute atomic E-state index is 10.7. The highest BCUT2D eigenvalue weighted by atomic mass is 32.2. The summed E-state index contributed by atoms with van der Waals surface area (Å²) in [7, 11) is -0.618. The average Bonchev–Trinajstić information content (AvgIpc) is 2.95. The Bertz CT molecular complexity index is 998. The van der Waals surface area contributed by atoms with Crippen LogP contribution in [0.3, 0.4) is 0 Å². The summed E-state index contributed by atoms with van der Waals surface area (Å²) >= 11 is 0. The number of aromatic nitrogens is 3. The standard InChI is InChI=1S/C19H19N5OS/c1-12(2)26(21)16-8-9-17(22-11-16)24-19(25)18(13(3)23-24)15-6-4-14(10-20)5-7-15/h4-9,11-12,21,25H,1-3H3/t26-/m1/s1. The molecule has 3 aromatic rings. The molecule has 1 atom stereocenters. The van der Waals surface area contributed by atoms with Crippen LogP contribution < -0.4 is 0 Å². The second kappa shape index (κ2) is 7.10. The largest absolute Gasteiger partial charge is 0.493 e. The van der Waals surface area contributed by atoms with Crippen LogP contribution in [0.25, 0.3) is 16.9 Å². The smallest absolute Gasteiger partial charge is 0.223 e. The van der Waals surface area contributed by atoms with Crippen molar-refractivity contribution < 1.29 is 5.11 Å². The zero-order chi connectivity index (χ0) is 18.8. The molecule has 7 heteroatoms. The molecule has 0 aliphatic heterocycles. The van der Waals surface area contributed by atoms with Gasteiger partial charge in [0.2, 0.25) is 5.88 Å². The molecule has 2 heterocycles. The van der Waals surface area contributed by atoms with Crippen LogP contribution in [0.4, 0.5) is 0 Å². The van der Waals surface area contributed by atoms with Crippen molar-refractivity contribution in [3.63, 3.8) is 0 Å². The van der Waals surface area contributed by atoms with Gasteiger partial charge in [0.15, 0.2) is 5.82 Å². The Kier molecular flexibility index (Phi) is 4.87. The van der Waals surface area contributed by atoms with E-state index >= 15 is 0 Å². The molecule has 0 bridgehead atoms. The first-order chi connectivity index (χ1) is 12.4. The quantitative estimate of drug-likeness (QED) is 0.731. The second-order valence-corrected chi connectivity index (χ2v) is 8.21. The number of aromatic hydroxyl groups is 1. The van der Waals surface area contributed by atoms with E-state index in [2.05, 4.69) is 16.2 Å². The number of rotatable bonds is 4. The number of hydrogen-bond donors (Lipinski definition) is 2. The van der Waals surface area contributed by atoms with Gasteiger partial charge in [-0.15, -0.1) is 0 Å². The minimum absolute atomic E-state index is 0.00110. The summed E-state index contributed by atoms with van der Waals surface area (Å²) in [5, 5.41) is 24.2. The zero-order valence-corrected chi connectivity index (χ0v) is 15.6. The lowest BCUT2D eigenvalue weighted by molar-refractivity contribution is 0.433. The van der Waals surface area contributed by atoms with E-state index in [0.29, 0.717) is 22.6 Å². The van der Waals surface area contributed by atoms with Crippen LogP contribution in [0.2, 0.25) is 0 Å². The first-order valence-electron chi connectivity index (χ1n) is 8.12. The van der Waals surface area contributed by atoms with E-state index in [0.717, 1.165) is 10.5 Å². The third kappa shape index (κ3) is 3.24. The zero-order valence-electron chi connectivity index (χ0n) is 14.8. The van der Waals surface area contributed by atoms with Crippen molar-refractivity contribution in [2.24, 2.45) is 0 Å². The van der Waals surface area contributed by atoms with E-state index in [-0.39, 0.29) is 11.1 Å². The lowest BCUT2D eigenvalue weighted by Crippen LogP contribution is -2.06. The van der Waals surface area contributed by atoms with Gasteiger partial charge in [0, 0.05) is 16.3 Å². The van der Waals surface area contributed by atoms with Gasteiger partial charge in [-0.3, -0.25) is 4.78 Å². The molecule has 26 heavy (non-hydrogen) atoms. The van der Waals surface area contributed by atoms with Crippen LogP contribution in [0.1, 0.15) is 25.1 Å². The van der Waals surface area contributed by atoms with E-state index in [1.807, 2.05) is 26.8 Å². The monoisotopic (exact) mass is 365 g/mol. The van der Waals surface area contributed by atoms with E-state index in [4.69, 9.17) is 10.0 Å². The van der Waals surface area contributed by atoms with Crippen molar-refractivity contribution in [1.82, 2.24) is 14.8 Å². The summed E-state index contributed by atoms with van der Waals surface area (Å²) < 4.78 is 9.55. The molecule has 6 nitrogen and oxygen atoms in total. The van der Waals surface area contributed by atoms with Crippen LogP contribution in [0, 0.1) is 23.0 Å². The van der Waals surface area contributed by atoms with E-state index in [1.54, 1.807) is 36.5 Å². The fraction of sp³-hybridized carbons (Fsp3) is 0.211. The summed E-state index contributed by atoms with van der Waals surface area (Å²) in [6, 6.07) is 12.7. The number of aryl methyl sites for hydroxylation is 1. The summed E-state index contributed by atoms with van der Waals surface area (Å²) in [5.41, 5.74) is 2.63. The van der Waals surface area contributed by atoms with Crippen LogP contribution in [-0.4, -0.2) is 25.1 Å². The number of nitriles is 1. The van der Waals surface area contributed by atoms with Crippen LogP contribution in [-0.2, 0) is 10.7 Å². The SMILES string of the molecule is Cc1nn(-c2ccc([S@](=N)C(C)C)cn2)c(O)c1-c1ccc(C#N)cc1. The third-order valence-corrected chi connectivity index (χ3v) is 5.69. The van der Waals surface area contributed by atoms with Gasteiger partial charge in [-0.1, -0.05) is 36.7 Å². The van der Waals surface area contributed by atoms with E-state index in [9.17, 15) is 5.11 Å². The molecule has 132 valence electrons. The number of hydrogen-bond acceptors (Lipinski definition) is 5. The molecule has 0 spiro atoms. The Balaban J connectivity index is 2.00. The fourth-order valence-corrected chi connectivity index (χ4v) is 3.55. The first kappa shape index (κ1) is 17.8. The summed E-state index contributed by atoms with van der Waals surface area (Å²) in [5.74, 6) is 0.496. The summed E-state index contributed by atoms with van der Waals surface area (Å²) in [4.78, 5) is 5.23. The van der Waals surface area contributed by atoms with Crippen LogP contribution in [0.15, 0.2) is 47.5 Å². The molecule has 0 saturated carbocycles. The van der Waals surface area contributed by atoms with Crippen molar-refractivity contribution in [1.29, 1.82) is 10.0 Å². The van der Waals surface area contributed by atoms with Crippen molar-refractivity contribution >= 4 is 10.7 Å². The van der Waals surface area contributed by atoms with Crippen molar-refractivity contribution in [3.05, 3.63) is 53.9 Å². The van der Waals surface area contributed by atoms with Gasteiger partial charge in [-0.2, -0.15) is 15.0 Å². The highest BCUT2D eigenvalue weighted by molar-refractivity contribution is 7.86. The van der Waals surface area contributed by atoms with E-state index in [1.165, 1.54) is 4.68 Å². The average molecular weight is 365 g/mol. The minimum atomic E-state index is -0.618. The maximum atomic E-state index is 10.7. The Morgan fingerprint density at radius 2 is 1.88 bits per heavy atom. The number of pyridine rings is 1. The lowest BCUT2D eigenvalue weighted by Gasteiger charge is -2.09. The Hall–Kier alpha value is -2.98. The van der Waals surface area contributed by atoms with Crippen LogP contribution >= 0.6 is 0 Å². The molecule has 1 aromatic carbocycles. The van der Waals surface area contributed by atoms with Gasteiger partial charge in [-0.05, 0) is 36.8 Å². The molecule has 2 N–H and O–H groups in total. The highest BCUT2D eigenvalue weighted by Gasteiger charge is 2.18. The molecule has 0 aliphatic rings. The Morgan fingerprint density at radius 3 is 2.42 bits per heavy atom. The molecular weight excluding hydrogens is 346 g/mol. The van der Waals surface area contributed by atoms with Gasteiger partial charge in [-0.25, -0.2) is 4.98 Å². The van der Waals surface area contributed by atoms with Gasteiger partial charge in [0.1, 0.15) is 0 Å². The predicted octanol–water partition coefficient (Wildman–Crippen LogP) is 3.97. The van der Waals surface area contributed by atoms with Crippen molar-refractivity contribution in [2.45, 2.75) is 30.9 Å². The fourth-order valence-electron chi connectivity index (χ4n) is 2.62. The molecule has 0 aliphatic carbocycles. The topological polar surface area (TPSA) is 98.6 Å². The number of nitrogens with one attached hydrogen (secondary N) is 1. The van der Waals surface area contributed by atoms with Gasteiger partial charge in [0.25, 0.3) is 0 Å².